The molecule has 2 nitrogen and oxygen atoms in total. The fourth-order valence-electron chi connectivity index (χ4n) is 1.63. The Hall–Kier alpha value is -1.58. The molecule has 2 rings (SSSR count). The van der Waals surface area contributed by atoms with Gasteiger partial charge in [0.2, 0.25) is 0 Å². The molecule has 18 heavy (non-hydrogen) atoms. The first kappa shape index (κ1) is 12.9. The molecule has 0 radical (unpaired) electrons. The molecule has 4 heteroatoms. The second-order valence-electron chi connectivity index (χ2n) is 3.98. The zero-order valence-corrected chi connectivity index (χ0v) is 10.6. The Morgan fingerprint density at radius 2 is 1.78 bits per heavy atom. The molecule has 0 aliphatic heterocycles. The summed E-state index contributed by atoms with van der Waals surface area (Å²) in [5.74, 6) is 0.0583. The van der Waals surface area contributed by atoms with Crippen molar-refractivity contribution in [3.63, 3.8) is 0 Å². The molecule has 0 spiro atoms. The number of para-hydroxylation sites is 1. The Labute approximate surface area is 110 Å². The van der Waals surface area contributed by atoms with Crippen LogP contribution in [0.4, 0.5) is 4.39 Å². The van der Waals surface area contributed by atoms with Gasteiger partial charge in [-0.3, -0.25) is 0 Å². The van der Waals surface area contributed by atoms with Crippen molar-refractivity contribution in [2.24, 2.45) is 5.73 Å². The maximum absolute atomic E-state index is 13.7. The van der Waals surface area contributed by atoms with Crippen LogP contribution in [0, 0.1) is 5.82 Å². The average Bonchev–Trinajstić information content (AvgIpc) is 2.35. The maximum atomic E-state index is 13.7. The normalized spacial score (nSPS) is 12.2. The SMILES string of the molecule is C[C@H](N)c1ccccc1Oc1cccc(Cl)c1F. The highest BCUT2D eigenvalue weighted by molar-refractivity contribution is 6.30. The monoisotopic (exact) mass is 265 g/mol. The molecular formula is C14H13ClFNO. The Balaban J connectivity index is 2.37. The lowest BCUT2D eigenvalue weighted by Crippen LogP contribution is -2.06. The number of hydrogen-bond acceptors (Lipinski definition) is 2. The van der Waals surface area contributed by atoms with Gasteiger partial charge in [0.15, 0.2) is 11.6 Å². The van der Waals surface area contributed by atoms with Crippen molar-refractivity contribution < 1.29 is 9.13 Å². The molecule has 0 aliphatic rings. The third-order valence-corrected chi connectivity index (χ3v) is 2.84. The van der Waals surface area contributed by atoms with E-state index < -0.39 is 5.82 Å². The molecule has 0 aliphatic carbocycles. The number of benzene rings is 2. The number of ether oxygens (including phenoxy) is 1. The number of rotatable bonds is 3. The summed E-state index contributed by atoms with van der Waals surface area (Å²) in [4.78, 5) is 0. The van der Waals surface area contributed by atoms with Crippen molar-refractivity contribution in [2.75, 3.05) is 0 Å². The van der Waals surface area contributed by atoms with E-state index in [9.17, 15) is 4.39 Å². The van der Waals surface area contributed by atoms with Gasteiger partial charge < -0.3 is 10.5 Å². The molecule has 0 fully saturated rings. The van der Waals surface area contributed by atoms with E-state index >= 15 is 0 Å². The van der Waals surface area contributed by atoms with E-state index in [4.69, 9.17) is 22.1 Å². The van der Waals surface area contributed by atoms with E-state index in [0.29, 0.717) is 5.75 Å². The van der Waals surface area contributed by atoms with Crippen molar-refractivity contribution in [1.29, 1.82) is 0 Å². The largest absolute Gasteiger partial charge is 0.454 e. The second kappa shape index (κ2) is 5.38. The number of hydrogen-bond donors (Lipinski definition) is 1. The van der Waals surface area contributed by atoms with Crippen LogP contribution in [0.2, 0.25) is 5.02 Å². The average molecular weight is 266 g/mol. The standard InChI is InChI=1S/C14H13ClFNO/c1-9(17)10-5-2-3-7-12(10)18-13-8-4-6-11(15)14(13)16/h2-9H,17H2,1H3/t9-/m0/s1. The third-order valence-electron chi connectivity index (χ3n) is 2.55. The van der Waals surface area contributed by atoms with E-state index in [0.717, 1.165) is 5.56 Å². The van der Waals surface area contributed by atoms with Crippen LogP contribution in [0.1, 0.15) is 18.5 Å². The van der Waals surface area contributed by atoms with Gasteiger partial charge in [0, 0.05) is 11.6 Å². The van der Waals surface area contributed by atoms with E-state index in [-0.39, 0.29) is 16.8 Å². The quantitative estimate of drug-likeness (QED) is 0.898. The topological polar surface area (TPSA) is 35.2 Å². The molecule has 2 aromatic rings. The number of halogens is 2. The lowest BCUT2D eigenvalue weighted by molar-refractivity contribution is 0.435. The summed E-state index contributed by atoms with van der Waals surface area (Å²) in [5, 5.41) is 0.0331. The summed E-state index contributed by atoms with van der Waals surface area (Å²) in [6.45, 7) is 1.84. The van der Waals surface area contributed by atoms with Crippen LogP contribution in [-0.2, 0) is 0 Å². The summed E-state index contributed by atoms with van der Waals surface area (Å²) in [5.41, 5.74) is 6.65. The van der Waals surface area contributed by atoms with Gasteiger partial charge >= 0.3 is 0 Å². The van der Waals surface area contributed by atoms with E-state index in [1.165, 1.54) is 12.1 Å². The highest BCUT2D eigenvalue weighted by Gasteiger charge is 2.12. The molecule has 0 heterocycles. The van der Waals surface area contributed by atoms with Crippen molar-refractivity contribution in [1.82, 2.24) is 0 Å². The molecule has 2 N–H and O–H groups in total. The molecule has 0 amide bonds. The van der Waals surface area contributed by atoms with Gasteiger partial charge in [-0.2, -0.15) is 0 Å². The summed E-state index contributed by atoms with van der Waals surface area (Å²) in [6.07, 6.45) is 0. The van der Waals surface area contributed by atoms with E-state index in [1.54, 1.807) is 12.1 Å². The van der Waals surface area contributed by atoms with Gasteiger partial charge in [-0.25, -0.2) is 4.39 Å². The van der Waals surface area contributed by atoms with Gasteiger partial charge in [-0.1, -0.05) is 35.9 Å². The second-order valence-corrected chi connectivity index (χ2v) is 4.39. The van der Waals surface area contributed by atoms with Crippen LogP contribution in [0.25, 0.3) is 0 Å². The first-order chi connectivity index (χ1) is 8.59. The Morgan fingerprint density at radius 1 is 1.11 bits per heavy atom. The number of nitrogens with two attached hydrogens (primary N) is 1. The zero-order chi connectivity index (χ0) is 13.1. The molecule has 0 aromatic heterocycles. The minimum atomic E-state index is -0.571. The molecule has 0 bridgehead atoms. The molecule has 94 valence electrons. The molecule has 0 saturated carbocycles. The summed E-state index contributed by atoms with van der Waals surface area (Å²) in [6, 6.07) is 11.7. The van der Waals surface area contributed by atoms with Gasteiger partial charge in [0.25, 0.3) is 0 Å². The van der Waals surface area contributed by atoms with E-state index in [1.807, 2.05) is 25.1 Å². The van der Waals surface area contributed by atoms with Gasteiger partial charge in [-0.15, -0.1) is 0 Å². The molecular weight excluding hydrogens is 253 g/mol. The summed E-state index contributed by atoms with van der Waals surface area (Å²) < 4.78 is 19.3. The van der Waals surface area contributed by atoms with Crippen molar-refractivity contribution in [3.8, 4) is 11.5 Å². The van der Waals surface area contributed by atoms with Crippen LogP contribution >= 0.6 is 11.6 Å². The van der Waals surface area contributed by atoms with Crippen LogP contribution in [0.5, 0.6) is 11.5 Å². The van der Waals surface area contributed by atoms with Crippen LogP contribution in [-0.4, -0.2) is 0 Å². The zero-order valence-electron chi connectivity index (χ0n) is 9.86. The fourth-order valence-corrected chi connectivity index (χ4v) is 1.80. The predicted octanol–water partition coefficient (Wildman–Crippen LogP) is 4.29. The summed E-state index contributed by atoms with van der Waals surface area (Å²) in [7, 11) is 0. The van der Waals surface area contributed by atoms with Crippen LogP contribution in [0.3, 0.4) is 0 Å². The molecule has 2 aromatic carbocycles. The fraction of sp³-hybridized carbons (Fsp3) is 0.143. The van der Waals surface area contributed by atoms with Gasteiger partial charge in [-0.05, 0) is 25.1 Å². The van der Waals surface area contributed by atoms with Crippen molar-refractivity contribution in [2.45, 2.75) is 13.0 Å². The highest BCUT2D eigenvalue weighted by Crippen LogP contribution is 2.32. The van der Waals surface area contributed by atoms with Crippen LogP contribution in [0.15, 0.2) is 42.5 Å². The molecule has 1 atom stereocenters. The first-order valence-electron chi connectivity index (χ1n) is 5.56. The lowest BCUT2D eigenvalue weighted by atomic mass is 10.1. The predicted molar refractivity (Wildman–Crippen MR) is 70.5 cm³/mol. The smallest absolute Gasteiger partial charge is 0.184 e. The minimum absolute atomic E-state index is 0.0331. The third kappa shape index (κ3) is 2.63. The Kier molecular flexibility index (Phi) is 3.84. The summed E-state index contributed by atoms with van der Waals surface area (Å²) >= 11 is 5.70. The van der Waals surface area contributed by atoms with Crippen LogP contribution < -0.4 is 10.5 Å². The lowest BCUT2D eigenvalue weighted by Gasteiger charge is -2.14. The Morgan fingerprint density at radius 3 is 2.50 bits per heavy atom. The molecule has 0 saturated heterocycles. The minimum Gasteiger partial charge on any atom is -0.454 e. The van der Waals surface area contributed by atoms with Crippen molar-refractivity contribution in [3.05, 3.63) is 58.9 Å². The Bertz CT molecular complexity index is 557. The highest BCUT2D eigenvalue weighted by atomic mass is 35.5. The molecule has 0 unspecified atom stereocenters. The van der Waals surface area contributed by atoms with Crippen molar-refractivity contribution >= 4 is 11.6 Å². The van der Waals surface area contributed by atoms with E-state index in [2.05, 4.69) is 0 Å². The van der Waals surface area contributed by atoms with Gasteiger partial charge in [0.05, 0.1) is 5.02 Å². The first-order valence-corrected chi connectivity index (χ1v) is 5.93. The maximum Gasteiger partial charge on any atom is 0.184 e. The van der Waals surface area contributed by atoms with Gasteiger partial charge in [0.1, 0.15) is 5.75 Å².